The van der Waals surface area contributed by atoms with E-state index in [0.717, 1.165) is 12.8 Å². The molecular weight excluding hydrogens is 220 g/mol. The lowest BCUT2D eigenvalue weighted by Crippen LogP contribution is -2.36. The van der Waals surface area contributed by atoms with Gasteiger partial charge in [-0.05, 0) is 24.8 Å². The van der Waals surface area contributed by atoms with Crippen molar-refractivity contribution in [2.75, 3.05) is 32.8 Å². The van der Waals surface area contributed by atoms with Crippen LogP contribution in [-0.2, 0) is 4.79 Å². The van der Waals surface area contributed by atoms with Gasteiger partial charge in [0.25, 0.3) is 0 Å². The van der Waals surface area contributed by atoms with E-state index in [4.69, 9.17) is 15.9 Å². The Hall–Kier alpha value is -0.650. The second kappa shape index (κ2) is 8.44. The summed E-state index contributed by atoms with van der Waals surface area (Å²) in [5, 5.41) is 17.7. The molecule has 0 aliphatic rings. The van der Waals surface area contributed by atoms with Crippen LogP contribution in [0.15, 0.2) is 0 Å². The third-order valence-electron chi connectivity index (χ3n) is 2.93. The highest BCUT2D eigenvalue weighted by molar-refractivity contribution is 5.76. The fourth-order valence-corrected chi connectivity index (χ4v) is 1.72. The minimum Gasteiger partial charge on any atom is -0.395 e. The van der Waals surface area contributed by atoms with Crippen LogP contribution >= 0.6 is 0 Å². The number of hydrogen-bond donors (Lipinski definition) is 3. The fourth-order valence-electron chi connectivity index (χ4n) is 1.72. The lowest BCUT2D eigenvalue weighted by molar-refractivity contribution is -0.132. The van der Waals surface area contributed by atoms with Crippen LogP contribution in [0.1, 0.15) is 33.1 Å². The molecule has 17 heavy (non-hydrogen) atoms. The van der Waals surface area contributed by atoms with Crippen LogP contribution < -0.4 is 5.73 Å². The normalized spacial score (nSPS) is 11.6. The van der Waals surface area contributed by atoms with Gasteiger partial charge in [-0.1, -0.05) is 13.8 Å². The number of nitrogens with zero attached hydrogens (tertiary/aromatic N) is 1. The molecule has 0 aliphatic carbocycles. The monoisotopic (exact) mass is 246 g/mol. The van der Waals surface area contributed by atoms with Crippen LogP contribution in [0, 0.1) is 5.41 Å². The van der Waals surface area contributed by atoms with Crippen molar-refractivity contribution in [2.45, 2.75) is 33.1 Å². The van der Waals surface area contributed by atoms with E-state index in [2.05, 4.69) is 13.8 Å². The SMILES string of the molecule is CC(C)(CCN)CCC(=O)N(CCO)CCO. The maximum absolute atomic E-state index is 11.8. The summed E-state index contributed by atoms with van der Waals surface area (Å²) in [5.41, 5.74) is 5.58. The van der Waals surface area contributed by atoms with Gasteiger partial charge in [0.1, 0.15) is 0 Å². The smallest absolute Gasteiger partial charge is 0.222 e. The third-order valence-corrected chi connectivity index (χ3v) is 2.93. The van der Waals surface area contributed by atoms with Gasteiger partial charge in [0.2, 0.25) is 5.91 Å². The molecule has 1 amide bonds. The van der Waals surface area contributed by atoms with Gasteiger partial charge in [0.15, 0.2) is 0 Å². The third kappa shape index (κ3) is 7.31. The van der Waals surface area contributed by atoms with E-state index < -0.39 is 0 Å². The fraction of sp³-hybridized carbons (Fsp3) is 0.917. The Balaban J connectivity index is 4.12. The van der Waals surface area contributed by atoms with Crippen LogP contribution in [0.4, 0.5) is 0 Å². The highest BCUT2D eigenvalue weighted by Crippen LogP contribution is 2.26. The maximum atomic E-state index is 11.8. The highest BCUT2D eigenvalue weighted by Gasteiger charge is 2.20. The predicted octanol–water partition coefficient (Wildman–Crippen LogP) is -0.0452. The van der Waals surface area contributed by atoms with Crippen molar-refractivity contribution in [2.24, 2.45) is 11.1 Å². The highest BCUT2D eigenvalue weighted by atomic mass is 16.3. The number of aliphatic hydroxyl groups excluding tert-OH is 2. The molecule has 0 unspecified atom stereocenters. The summed E-state index contributed by atoms with van der Waals surface area (Å²) in [6.07, 6.45) is 2.10. The van der Waals surface area contributed by atoms with E-state index in [0.29, 0.717) is 13.0 Å². The Kier molecular flexibility index (Phi) is 8.12. The number of carbonyl (C=O) groups excluding carboxylic acids is 1. The molecule has 0 saturated carbocycles. The Morgan fingerprint density at radius 2 is 1.71 bits per heavy atom. The van der Waals surface area contributed by atoms with E-state index in [1.54, 1.807) is 0 Å². The van der Waals surface area contributed by atoms with Gasteiger partial charge < -0.3 is 20.8 Å². The number of amides is 1. The standard InChI is InChI=1S/C12H26N2O3/c1-12(2,5-6-13)4-3-11(17)14(7-9-15)8-10-16/h15-16H,3-10,13H2,1-2H3. The molecule has 0 rings (SSSR count). The second-order valence-corrected chi connectivity index (χ2v) is 5.03. The molecule has 0 aromatic rings. The number of rotatable bonds is 9. The largest absolute Gasteiger partial charge is 0.395 e. The number of nitrogens with two attached hydrogens (primary N) is 1. The molecule has 5 heteroatoms. The summed E-state index contributed by atoms with van der Waals surface area (Å²) < 4.78 is 0. The Morgan fingerprint density at radius 1 is 1.18 bits per heavy atom. The minimum atomic E-state index is -0.0715. The van der Waals surface area contributed by atoms with Gasteiger partial charge in [-0.2, -0.15) is 0 Å². The zero-order valence-corrected chi connectivity index (χ0v) is 11.0. The first-order chi connectivity index (χ1) is 7.96. The summed E-state index contributed by atoms with van der Waals surface area (Å²) in [5.74, 6) is -0.0156. The average molecular weight is 246 g/mol. The van der Waals surface area contributed by atoms with Crippen LogP contribution in [-0.4, -0.2) is 53.9 Å². The van der Waals surface area contributed by atoms with Gasteiger partial charge in [-0.15, -0.1) is 0 Å². The van der Waals surface area contributed by atoms with Crippen LogP contribution in [0.3, 0.4) is 0 Å². The van der Waals surface area contributed by atoms with Gasteiger partial charge in [-0.25, -0.2) is 0 Å². The Morgan fingerprint density at radius 3 is 2.12 bits per heavy atom. The van der Waals surface area contributed by atoms with Crippen LogP contribution in [0.5, 0.6) is 0 Å². The van der Waals surface area contributed by atoms with Crippen molar-refractivity contribution in [3.63, 3.8) is 0 Å². The predicted molar refractivity (Wildman–Crippen MR) is 67.4 cm³/mol. The zero-order chi connectivity index (χ0) is 13.3. The molecule has 0 fully saturated rings. The first kappa shape index (κ1) is 16.4. The molecule has 102 valence electrons. The molecule has 0 atom stereocenters. The van der Waals surface area contributed by atoms with E-state index in [-0.39, 0.29) is 37.6 Å². The molecule has 0 spiro atoms. The Bertz CT molecular complexity index is 214. The molecule has 0 aliphatic heterocycles. The van der Waals surface area contributed by atoms with Gasteiger partial charge in [0.05, 0.1) is 13.2 Å². The molecule has 0 saturated heterocycles. The van der Waals surface area contributed by atoms with Crippen LogP contribution in [0.25, 0.3) is 0 Å². The molecule has 0 heterocycles. The molecule has 0 radical (unpaired) electrons. The average Bonchev–Trinajstić information content (AvgIpc) is 2.26. The van der Waals surface area contributed by atoms with Crippen molar-refractivity contribution in [3.05, 3.63) is 0 Å². The summed E-state index contributed by atoms with van der Waals surface area (Å²) in [6, 6.07) is 0. The number of aliphatic hydroxyl groups is 2. The topological polar surface area (TPSA) is 86.8 Å². The van der Waals surface area contributed by atoms with E-state index in [1.165, 1.54) is 4.90 Å². The first-order valence-corrected chi connectivity index (χ1v) is 6.16. The zero-order valence-electron chi connectivity index (χ0n) is 11.0. The number of carbonyl (C=O) groups is 1. The quantitative estimate of drug-likeness (QED) is 0.532. The van der Waals surface area contributed by atoms with Crippen molar-refractivity contribution < 1.29 is 15.0 Å². The summed E-state index contributed by atoms with van der Waals surface area (Å²) in [7, 11) is 0. The van der Waals surface area contributed by atoms with Gasteiger partial charge in [0, 0.05) is 19.5 Å². The molecule has 0 bridgehead atoms. The molecule has 0 aromatic carbocycles. The molecule has 5 nitrogen and oxygen atoms in total. The maximum Gasteiger partial charge on any atom is 0.222 e. The van der Waals surface area contributed by atoms with E-state index >= 15 is 0 Å². The second-order valence-electron chi connectivity index (χ2n) is 5.03. The van der Waals surface area contributed by atoms with Gasteiger partial charge in [-0.3, -0.25) is 4.79 Å². The first-order valence-electron chi connectivity index (χ1n) is 6.16. The van der Waals surface area contributed by atoms with E-state index in [1.807, 2.05) is 0 Å². The lowest BCUT2D eigenvalue weighted by atomic mass is 9.84. The lowest BCUT2D eigenvalue weighted by Gasteiger charge is -2.26. The van der Waals surface area contributed by atoms with Crippen molar-refractivity contribution in [3.8, 4) is 0 Å². The summed E-state index contributed by atoms with van der Waals surface area (Å²) >= 11 is 0. The summed E-state index contributed by atoms with van der Waals surface area (Å²) in [4.78, 5) is 13.3. The summed E-state index contributed by atoms with van der Waals surface area (Å²) in [6.45, 7) is 5.24. The van der Waals surface area contributed by atoms with Gasteiger partial charge >= 0.3 is 0 Å². The van der Waals surface area contributed by atoms with Crippen LogP contribution in [0.2, 0.25) is 0 Å². The molecular formula is C12H26N2O3. The molecule has 0 aromatic heterocycles. The number of hydrogen-bond acceptors (Lipinski definition) is 4. The van der Waals surface area contributed by atoms with E-state index in [9.17, 15) is 4.79 Å². The molecule has 4 N–H and O–H groups in total. The van der Waals surface area contributed by atoms with Crippen molar-refractivity contribution in [1.29, 1.82) is 0 Å². The van der Waals surface area contributed by atoms with Crippen molar-refractivity contribution >= 4 is 5.91 Å². The minimum absolute atomic E-state index is 0.0156. The van der Waals surface area contributed by atoms with Crippen molar-refractivity contribution in [1.82, 2.24) is 4.90 Å². The Labute approximate surface area is 104 Å².